The predicted molar refractivity (Wildman–Crippen MR) is 74.4 cm³/mol. The molecule has 2 nitrogen and oxygen atoms in total. The molecule has 0 radical (unpaired) electrons. The van der Waals surface area contributed by atoms with Crippen molar-refractivity contribution in [2.24, 2.45) is 16.2 Å². The Labute approximate surface area is 112 Å². The largest absolute Gasteiger partial charge is 0.496 e. The minimum Gasteiger partial charge on any atom is -0.496 e. The van der Waals surface area contributed by atoms with Crippen LogP contribution in [0.2, 0.25) is 0 Å². The first-order valence-electron chi connectivity index (χ1n) is 7.13. The van der Waals surface area contributed by atoms with Crippen molar-refractivity contribution < 1.29 is 9.47 Å². The molecule has 2 rings (SSSR count). The van der Waals surface area contributed by atoms with Gasteiger partial charge < -0.3 is 9.47 Å². The lowest BCUT2D eigenvalue weighted by molar-refractivity contribution is 0.00699. The molecule has 1 saturated heterocycles. The molecule has 0 aromatic heterocycles. The second kappa shape index (κ2) is 4.26. The highest BCUT2D eigenvalue weighted by atomic mass is 16.5. The maximum absolute atomic E-state index is 6.17. The summed E-state index contributed by atoms with van der Waals surface area (Å²) in [6.45, 7) is 16.3. The zero-order valence-electron chi connectivity index (χ0n) is 12.9. The van der Waals surface area contributed by atoms with Crippen molar-refractivity contribution in [2.45, 2.75) is 54.4 Å². The predicted octanol–water partition coefficient (Wildman–Crippen LogP) is 4.16. The van der Waals surface area contributed by atoms with E-state index in [1.807, 2.05) is 0 Å². The molecule has 0 bridgehead atoms. The number of allylic oxidation sites excluding steroid dienone is 1. The number of ether oxygens (including phenoxy) is 2. The third-order valence-corrected chi connectivity index (χ3v) is 4.13. The van der Waals surface area contributed by atoms with Gasteiger partial charge in [-0.15, -0.1) is 0 Å². The van der Waals surface area contributed by atoms with Crippen molar-refractivity contribution in [3.8, 4) is 0 Å². The van der Waals surface area contributed by atoms with Gasteiger partial charge in [0.25, 0.3) is 0 Å². The van der Waals surface area contributed by atoms with E-state index in [2.05, 4.69) is 41.5 Å². The van der Waals surface area contributed by atoms with Gasteiger partial charge in [0.2, 0.25) is 0 Å². The van der Waals surface area contributed by atoms with Crippen LogP contribution in [0.5, 0.6) is 0 Å². The zero-order valence-corrected chi connectivity index (χ0v) is 12.9. The van der Waals surface area contributed by atoms with Gasteiger partial charge in [0.05, 0.1) is 6.61 Å². The van der Waals surface area contributed by atoms with E-state index in [-0.39, 0.29) is 16.2 Å². The lowest BCUT2D eigenvalue weighted by Gasteiger charge is -2.40. The molecule has 0 aliphatic carbocycles. The van der Waals surface area contributed by atoms with Crippen LogP contribution in [0.25, 0.3) is 0 Å². The molecule has 2 heteroatoms. The molecule has 2 heterocycles. The van der Waals surface area contributed by atoms with Gasteiger partial charge in [-0.3, -0.25) is 0 Å². The molecule has 0 saturated carbocycles. The third-order valence-electron chi connectivity index (χ3n) is 4.13. The van der Waals surface area contributed by atoms with Crippen LogP contribution in [-0.4, -0.2) is 19.8 Å². The van der Waals surface area contributed by atoms with Crippen LogP contribution in [0.15, 0.2) is 11.3 Å². The Morgan fingerprint density at radius 2 is 1.44 bits per heavy atom. The summed E-state index contributed by atoms with van der Waals surface area (Å²) >= 11 is 0. The fraction of sp³-hybridized carbons (Fsp3) is 0.875. The smallest absolute Gasteiger partial charge is 0.102 e. The highest BCUT2D eigenvalue weighted by Crippen LogP contribution is 2.55. The molecule has 0 aromatic rings. The van der Waals surface area contributed by atoms with Crippen LogP contribution >= 0.6 is 0 Å². The Hall–Kier alpha value is -0.500. The first kappa shape index (κ1) is 13.9. The first-order valence-corrected chi connectivity index (χ1v) is 7.13. The summed E-state index contributed by atoms with van der Waals surface area (Å²) in [6.07, 6.45) is 2.22. The lowest BCUT2D eigenvalue weighted by atomic mass is 9.64. The first-order chi connectivity index (χ1) is 8.17. The van der Waals surface area contributed by atoms with Crippen LogP contribution in [0.4, 0.5) is 0 Å². The van der Waals surface area contributed by atoms with Gasteiger partial charge in [0.15, 0.2) is 0 Å². The number of hydrogen-bond acceptors (Lipinski definition) is 2. The van der Waals surface area contributed by atoms with Crippen LogP contribution in [0.1, 0.15) is 54.4 Å². The van der Waals surface area contributed by atoms with E-state index in [1.165, 1.54) is 5.76 Å². The Morgan fingerprint density at radius 1 is 0.889 bits per heavy atom. The Kier molecular flexibility index (Phi) is 3.30. The fourth-order valence-corrected chi connectivity index (χ4v) is 3.48. The average molecular weight is 252 g/mol. The summed E-state index contributed by atoms with van der Waals surface area (Å²) in [7, 11) is 0. The van der Waals surface area contributed by atoms with Crippen molar-refractivity contribution in [3.05, 3.63) is 11.3 Å². The van der Waals surface area contributed by atoms with E-state index < -0.39 is 0 Å². The minimum atomic E-state index is 0.102. The van der Waals surface area contributed by atoms with Gasteiger partial charge in [0.1, 0.15) is 5.76 Å². The van der Waals surface area contributed by atoms with Crippen LogP contribution in [-0.2, 0) is 9.47 Å². The highest BCUT2D eigenvalue weighted by Gasteiger charge is 2.49. The summed E-state index contributed by atoms with van der Waals surface area (Å²) in [5, 5.41) is 0. The minimum absolute atomic E-state index is 0.102. The van der Waals surface area contributed by atoms with E-state index in [0.717, 1.165) is 32.7 Å². The Morgan fingerprint density at radius 3 is 1.89 bits per heavy atom. The monoisotopic (exact) mass is 252 g/mol. The van der Waals surface area contributed by atoms with E-state index in [0.29, 0.717) is 0 Å². The summed E-state index contributed by atoms with van der Waals surface area (Å²) in [5.74, 6) is 1.23. The molecule has 0 N–H and O–H groups in total. The number of hydrogen-bond donors (Lipinski definition) is 0. The van der Waals surface area contributed by atoms with Gasteiger partial charge in [0, 0.05) is 24.0 Å². The molecule has 2 aliphatic heterocycles. The van der Waals surface area contributed by atoms with Crippen LogP contribution in [0.3, 0.4) is 0 Å². The van der Waals surface area contributed by atoms with Crippen molar-refractivity contribution in [1.29, 1.82) is 0 Å². The molecule has 1 spiro atoms. The Balaban J connectivity index is 2.49. The summed E-state index contributed by atoms with van der Waals surface area (Å²) in [5.41, 5.74) is 2.06. The normalized spacial score (nSPS) is 24.6. The van der Waals surface area contributed by atoms with Gasteiger partial charge >= 0.3 is 0 Å². The van der Waals surface area contributed by atoms with Gasteiger partial charge in [-0.2, -0.15) is 0 Å². The van der Waals surface area contributed by atoms with Gasteiger partial charge in [-0.25, -0.2) is 0 Å². The SMILES string of the molecule is CC(C)(C)C1=C(C(C)(C)C)C2(CCOCC2)CO1. The van der Waals surface area contributed by atoms with Crippen molar-refractivity contribution in [2.75, 3.05) is 19.8 Å². The molecule has 0 aromatic carbocycles. The molecule has 0 amide bonds. The highest BCUT2D eigenvalue weighted by molar-refractivity contribution is 5.32. The molecule has 104 valence electrons. The summed E-state index contributed by atoms with van der Waals surface area (Å²) in [4.78, 5) is 0. The van der Waals surface area contributed by atoms with Gasteiger partial charge in [-0.05, 0) is 23.8 Å². The summed E-state index contributed by atoms with van der Waals surface area (Å²) in [6, 6.07) is 0. The Bertz CT molecular complexity index is 346. The van der Waals surface area contributed by atoms with Crippen molar-refractivity contribution in [1.82, 2.24) is 0 Å². The molecule has 2 aliphatic rings. The lowest BCUT2D eigenvalue weighted by Crippen LogP contribution is -2.36. The standard InChI is InChI=1S/C16H28O2/c1-14(2,3)12-13(15(4,5)6)18-11-16(12)7-9-17-10-8-16/h7-11H2,1-6H3. The maximum atomic E-state index is 6.17. The van der Waals surface area contributed by atoms with E-state index in [1.54, 1.807) is 5.57 Å². The topological polar surface area (TPSA) is 18.5 Å². The van der Waals surface area contributed by atoms with Crippen molar-refractivity contribution >= 4 is 0 Å². The molecule has 0 unspecified atom stereocenters. The molecule has 0 atom stereocenters. The average Bonchev–Trinajstić information content (AvgIpc) is 2.57. The molecular formula is C16H28O2. The maximum Gasteiger partial charge on any atom is 0.102 e. The van der Waals surface area contributed by atoms with Gasteiger partial charge in [-0.1, -0.05) is 41.5 Å². The van der Waals surface area contributed by atoms with Crippen molar-refractivity contribution in [3.63, 3.8) is 0 Å². The quantitative estimate of drug-likeness (QED) is 0.644. The second-order valence-electron chi connectivity index (χ2n) is 7.89. The molecule has 1 fully saturated rings. The molecular weight excluding hydrogens is 224 g/mol. The van der Waals surface area contributed by atoms with E-state index >= 15 is 0 Å². The van der Waals surface area contributed by atoms with E-state index in [4.69, 9.17) is 9.47 Å². The third kappa shape index (κ3) is 2.32. The zero-order chi connectivity index (χ0) is 13.6. The molecule has 18 heavy (non-hydrogen) atoms. The van der Waals surface area contributed by atoms with Crippen LogP contribution < -0.4 is 0 Å². The fourth-order valence-electron chi connectivity index (χ4n) is 3.48. The summed E-state index contributed by atoms with van der Waals surface area (Å²) < 4.78 is 11.7. The number of rotatable bonds is 0. The van der Waals surface area contributed by atoms with Crippen LogP contribution in [0, 0.1) is 16.2 Å². The second-order valence-corrected chi connectivity index (χ2v) is 7.89. The van der Waals surface area contributed by atoms with E-state index in [9.17, 15) is 0 Å².